The molecule has 0 saturated carbocycles. The second-order valence-corrected chi connectivity index (χ2v) is 4.80. The number of hydrogen-bond donors (Lipinski definition) is 1. The van der Waals surface area contributed by atoms with E-state index in [2.05, 4.69) is 11.4 Å². The van der Waals surface area contributed by atoms with Crippen molar-refractivity contribution in [1.82, 2.24) is 0 Å². The Labute approximate surface area is 92.5 Å². The monoisotopic (exact) mass is 218 g/mol. The topological polar surface area (TPSA) is 52.9 Å². The molecule has 2 rings (SSSR count). The van der Waals surface area contributed by atoms with E-state index >= 15 is 0 Å². The zero-order valence-electron chi connectivity index (χ0n) is 8.28. The molecule has 0 radical (unpaired) electrons. The summed E-state index contributed by atoms with van der Waals surface area (Å²) in [7, 11) is 0. The minimum absolute atomic E-state index is 0.0422. The van der Waals surface area contributed by atoms with Gasteiger partial charge in [0.15, 0.2) is 0 Å². The zero-order valence-corrected chi connectivity index (χ0v) is 9.10. The molecule has 1 unspecified atom stereocenters. The molecule has 1 atom stereocenters. The van der Waals surface area contributed by atoms with Crippen molar-refractivity contribution in [1.29, 1.82) is 5.26 Å². The van der Waals surface area contributed by atoms with Gasteiger partial charge >= 0.3 is 0 Å². The molecule has 0 aromatic heterocycles. The summed E-state index contributed by atoms with van der Waals surface area (Å²) in [6, 6.07) is 7.82. The standard InChI is InChI=1S/C11H10N2OS/c1-7-11(14)13-9-3-2-8(4-5-12)6-10(9)15-7/h2-3,6-7H,4H2,1H3,(H,13,14). The van der Waals surface area contributed by atoms with Gasteiger partial charge in [0.2, 0.25) is 5.91 Å². The zero-order chi connectivity index (χ0) is 10.8. The molecule has 15 heavy (non-hydrogen) atoms. The summed E-state index contributed by atoms with van der Waals surface area (Å²) >= 11 is 1.54. The molecule has 1 aliphatic heterocycles. The second kappa shape index (κ2) is 3.95. The van der Waals surface area contributed by atoms with Crippen LogP contribution in [0.3, 0.4) is 0 Å². The van der Waals surface area contributed by atoms with E-state index in [1.54, 1.807) is 0 Å². The molecule has 3 nitrogen and oxygen atoms in total. The van der Waals surface area contributed by atoms with Gasteiger partial charge in [0, 0.05) is 4.90 Å². The Morgan fingerprint density at radius 3 is 3.13 bits per heavy atom. The summed E-state index contributed by atoms with van der Waals surface area (Å²) in [5.41, 5.74) is 1.84. The smallest absolute Gasteiger partial charge is 0.237 e. The van der Waals surface area contributed by atoms with Crippen molar-refractivity contribution in [3.8, 4) is 6.07 Å². The minimum Gasteiger partial charge on any atom is -0.324 e. The third-order valence-electron chi connectivity index (χ3n) is 2.26. The normalized spacial score (nSPS) is 18.9. The first kappa shape index (κ1) is 10.1. The number of nitrogens with zero attached hydrogens (tertiary/aromatic N) is 1. The van der Waals surface area contributed by atoms with Crippen molar-refractivity contribution in [3.05, 3.63) is 23.8 Å². The highest BCUT2D eigenvalue weighted by Gasteiger charge is 2.22. The van der Waals surface area contributed by atoms with E-state index < -0.39 is 0 Å². The van der Waals surface area contributed by atoms with Gasteiger partial charge in [0.05, 0.1) is 23.4 Å². The van der Waals surface area contributed by atoms with Crippen LogP contribution in [-0.2, 0) is 11.2 Å². The number of carbonyl (C=O) groups is 1. The Balaban J connectivity index is 2.34. The van der Waals surface area contributed by atoms with E-state index in [0.717, 1.165) is 16.1 Å². The van der Waals surface area contributed by atoms with Crippen LogP contribution >= 0.6 is 11.8 Å². The number of rotatable bonds is 1. The number of thioether (sulfide) groups is 1. The van der Waals surface area contributed by atoms with Crippen molar-refractivity contribution in [2.24, 2.45) is 0 Å². The Morgan fingerprint density at radius 1 is 1.60 bits per heavy atom. The molecule has 0 saturated heterocycles. The number of amides is 1. The maximum atomic E-state index is 11.4. The van der Waals surface area contributed by atoms with E-state index in [0.29, 0.717) is 6.42 Å². The highest BCUT2D eigenvalue weighted by molar-refractivity contribution is 8.00. The summed E-state index contributed by atoms with van der Waals surface area (Å²) in [5, 5.41) is 11.4. The van der Waals surface area contributed by atoms with Gasteiger partial charge in [-0.15, -0.1) is 11.8 Å². The maximum Gasteiger partial charge on any atom is 0.237 e. The van der Waals surface area contributed by atoms with Crippen molar-refractivity contribution < 1.29 is 4.79 Å². The molecular weight excluding hydrogens is 208 g/mol. The van der Waals surface area contributed by atoms with Crippen LogP contribution in [0.15, 0.2) is 23.1 Å². The Morgan fingerprint density at radius 2 is 2.40 bits per heavy atom. The van der Waals surface area contributed by atoms with E-state index in [4.69, 9.17) is 5.26 Å². The molecule has 1 amide bonds. The first-order valence-corrected chi connectivity index (χ1v) is 5.56. The Bertz CT molecular complexity index is 450. The molecule has 76 valence electrons. The van der Waals surface area contributed by atoms with Crippen LogP contribution in [0.5, 0.6) is 0 Å². The van der Waals surface area contributed by atoms with Crippen LogP contribution in [0.1, 0.15) is 12.5 Å². The van der Waals surface area contributed by atoms with Crippen molar-refractivity contribution >= 4 is 23.4 Å². The van der Waals surface area contributed by atoms with Gasteiger partial charge in [-0.2, -0.15) is 5.26 Å². The quantitative estimate of drug-likeness (QED) is 0.786. The lowest BCUT2D eigenvalue weighted by Gasteiger charge is -2.21. The van der Waals surface area contributed by atoms with Gasteiger partial charge in [0.1, 0.15) is 0 Å². The number of nitriles is 1. The number of carbonyl (C=O) groups excluding carboxylic acids is 1. The molecule has 1 aromatic rings. The first-order valence-electron chi connectivity index (χ1n) is 4.68. The number of nitrogens with one attached hydrogen (secondary N) is 1. The highest BCUT2D eigenvalue weighted by atomic mass is 32.2. The van der Waals surface area contributed by atoms with Crippen molar-refractivity contribution in [3.63, 3.8) is 0 Å². The average Bonchev–Trinajstić information content (AvgIpc) is 2.21. The predicted octanol–water partition coefficient (Wildman–Crippen LogP) is 2.19. The van der Waals surface area contributed by atoms with Crippen LogP contribution in [0.2, 0.25) is 0 Å². The minimum atomic E-state index is -0.0603. The number of hydrogen-bond acceptors (Lipinski definition) is 3. The fourth-order valence-corrected chi connectivity index (χ4v) is 2.46. The van der Waals surface area contributed by atoms with E-state index in [1.165, 1.54) is 11.8 Å². The van der Waals surface area contributed by atoms with E-state index in [-0.39, 0.29) is 11.2 Å². The molecule has 1 heterocycles. The lowest BCUT2D eigenvalue weighted by Crippen LogP contribution is -2.26. The molecule has 1 aliphatic rings. The lowest BCUT2D eigenvalue weighted by atomic mass is 10.1. The average molecular weight is 218 g/mol. The third kappa shape index (κ3) is 1.97. The van der Waals surface area contributed by atoms with Crippen LogP contribution in [0, 0.1) is 11.3 Å². The molecule has 0 fully saturated rings. The fourth-order valence-electron chi connectivity index (χ4n) is 1.45. The van der Waals surface area contributed by atoms with Crippen LogP contribution in [-0.4, -0.2) is 11.2 Å². The lowest BCUT2D eigenvalue weighted by molar-refractivity contribution is -0.115. The predicted molar refractivity (Wildman–Crippen MR) is 59.7 cm³/mol. The summed E-state index contributed by atoms with van der Waals surface area (Å²) in [6.45, 7) is 1.87. The molecule has 1 N–H and O–H groups in total. The van der Waals surface area contributed by atoms with E-state index in [1.807, 2.05) is 25.1 Å². The Hall–Kier alpha value is -1.47. The van der Waals surface area contributed by atoms with Crippen LogP contribution in [0.25, 0.3) is 0 Å². The maximum absolute atomic E-state index is 11.4. The van der Waals surface area contributed by atoms with Crippen LogP contribution < -0.4 is 5.32 Å². The van der Waals surface area contributed by atoms with Crippen LogP contribution in [0.4, 0.5) is 5.69 Å². The van der Waals surface area contributed by atoms with Gasteiger partial charge < -0.3 is 5.32 Å². The largest absolute Gasteiger partial charge is 0.324 e. The molecule has 4 heteroatoms. The van der Waals surface area contributed by atoms with Gasteiger partial charge in [-0.3, -0.25) is 4.79 Å². The summed E-state index contributed by atoms with van der Waals surface area (Å²) in [5.74, 6) is 0.0422. The molecule has 1 aromatic carbocycles. The van der Waals surface area contributed by atoms with Gasteiger partial charge in [-0.1, -0.05) is 6.07 Å². The molecule has 0 spiro atoms. The summed E-state index contributed by atoms with van der Waals surface area (Å²) < 4.78 is 0. The number of benzene rings is 1. The van der Waals surface area contributed by atoms with Crippen molar-refractivity contribution in [2.45, 2.75) is 23.5 Å². The Kier molecular flexibility index (Phi) is 2.65. The molecule has 0 bridgehead atoms. The van der Waals surface area contributed by atoms with Gasteiger partial charge in [-0.25, -0.2) is 0 Å². The second-order valence-electron chi connectivity index (χ2n) is 3.41. The first-order chi connectivity index (χ1) is 7.20. The summed E-state index contributed by atoms with van der Waals surface area (Å²) in [4.78, 5) is 12.4. The molecular formula is C11H10N2OS. The van der Waals surface area contributed by atoms with Gasteiger partial charge in [-0.05, 0) is 24.6 Å². The van der Waals surface area contributed by atoms with Crippen molar-refractivity contribution in [2.75, 3.05) is 5.32 Å². The fraction of sp³-hybridized carbons (Fsp3) is 0.273. The highest BCUT2D eigenvalue weighted by Crippen LogP contribution is 2.35. The number of anilines is 1. The SMILES string of the molecule is CC1Sc2cc(CC#N)ccc2NC1=O. The summed E-state index contributed by atoms with van der Waals surface area (Å²) in [6.07, 6.45) is 0.413. The van der Waals surface area contributed by atoms with E-state index in [9.17, 15) is 4.79 Å². The third-order valence-corrected chi connectivity index (χ3v) is 3.42. The molecule has 0 aliphatic carbocycles. The number of fused-ring (bicyclic) bond motifs is 1. The van der Waals surface area contributed by atoms with Gasteiger partial charge in [0.25, 0.3) is 0 Å².